The summed E-state index contributed by atoms with van der Waals surface area (Å²) < 4.78 is 0. The van der Waals surface area contributed by atoms with Gasteiger partial charge in [-0.1, -0.05) is 270 Å². The minimum Gasteiger partial charge on any atom is -0.0999 e. The predicted octanol–water partition coefficient (Wildman–Crippen LogP) is 19.4. The molecule has 1 unspecified atom stereocenters. The van der Waals surface area contributed by atoms with Crippen LogP contribution in [0.3, 0.4) is 0 Å². The molecule has 0 spiro atoms. The second-order valence-corrected chi connectivity index (χ2v) is 17.5. The first-order chi connectivity index (χ1) is 25.1. The highest BCUT2D eigenvalue weighted by atomic mass is 14.2. The highest BCUT2D eigenvalue weighted by Gasteiger charge is 2.12. The van der Waals surface area contributed by atoms with Gasteiger partial charge in [-0.2, -0.15) is 0 Å². The van der Waals surface area contributed by atoms with Gasteiger partial charge < -0.3 is 0 Å². The molecule has 0 saturated carbocycles. The Balaban J connectivity index is 4.02. The maximum atomic E-state index is 4.60. The van der Waals surface area contributed by atoms with Gasteiger partial charge in [0.2, 0.25) is 0 Å². The van der Waals surface area contributed by atoms with Crippen LogP contribution in [-0.2, 0) is 0 Å². The van der Waals surface area contributed by atoms with Crippen molar-refractivity contribution in [3.05, 3.63) is 24.3 Å². The second kappa shape index (κ2) is 42.2. The number of unbranched alkanes of at least 4 members (excludes halogenated alkanes) is 26. The zero-order valence-electron chi connectivity index (χ0n) is 36.6. The van der Waals surface area contributed by atoms with Crippen molar-refractivity contribution in [1.29, 1.82) is 0 Å². The van der Waals surface area contributed by atoms with Gasteiger partial charge in [-0.15, -0.1) is 0 Å². The Morgan fingerprint density at radius 2 is 0.529 bits per heavy atom. The zero-order valence-corrected chi connectivity index (χ0v) is 36.6. The van der Waals surface area contributed by atoms with Gasteiger partial charge in [0.15, 0.2) is 0 Å². The van der Waals surface area contributed by atoms with Crippen LogP contribution in [0.4, 0.5) is 0 Å². The summed E-state index contributed by atoms with van der Waals surface area (Å²) in [5.41, 5.74) is 3.09. The fraction of sp³-hybridized carbons (Fsp3) is 0.922. The summed E-state index contributed by atoms with van der Waals surface area (Å²) in [5, 5.41) is 0. The fourth-order valence-electron chi connectivity index (χ4n) is 8.52. The molecule has 0 nitrogen and oxygen atoms in total. The maximum Gasteiger partial charge on any atom is -0.0294 e. The Labute approximate surface area is 326 Å². The first kappa shape index (κ1) is 50.5. The van der Waals surface area contributed by atoms with Gasteiger partial charge in [-0.05, 0) is 56.8 Å². The summed E-state index contributed by atoms with van der Waals surface area (Å²) in [5.74, 6) is 1.90. The van der Waals surface area contributed by atoms with Crippen LogP contribution in [0.5, 0.6) is 0 Å². The van der Waals surface area contributed by atoms with E-state index in [9.17, 15) is 0 Å². The quantitative estimate of drug-likeness (QED) is 0.0436. The molecule has 304 valence electrons. The van der Waals surface area contributed by atoms with Gasteiger partial charge in [-0.3, -0.25) is 0 Å². The topological polar surface area (TPSA) is 0 Å². The minimum atomic E-state index is 0.907. The molecular formula is C51H100. The van der Waals surface area contributed by atoms with Crippen molar-refractivity contribution in [3.8, 4) is 0 Å². The van der Waals surface area contributed by atoms with Crippen LogP contribution in [0.15, 0.2) is 24.3 Å². The SMILES string of the molecule is C=C(CCCCCCCCCC)CCCCCCCC(CCCC)CCCCCCCC(=C)CC(CCCCCCCC)CCCCCCCC. The molecule has 0 aliphatic heterocycles. The van der Waals surface area contributed by atoms with Crippen LogP contribution in [0.25, 0.3) is 0 Å². The number of hydrogen-bond acceptors (Lipinski definition) is 0. The van der Waals surface area contributed by atoms with Gasteiger partial charge >= 0.3 is 0 Å². The molecule has 0 saturated heterocycles. The van der Waals surface area contributed by atoms with Crippen molar-refractivity contribution in [2.24, 2.45) is 11.8 Å². The first-order valence-corrected chi connectivity index (χ1v) is 24.4. The molecule has 0 aliphatic carbocycles. The Bertz CT molecular complexity index is 670. The third-order valence-corrected chi connectivity index (χ3v) is 12.1. The molecule has 0 aromatic heterocycles. The molecule has 0 rings (SSSR count). The van der Waals surface area contributed by atoms with Crippen molar-refractivity contribution in [3.63, 3.8) is 0 Å². The molecule has 0 heteroatoms. The molecule has 0 aromatic carbocycles. The summed E-state index contributed by atoms with van der Waals surface area (Å²) in [6.45, 7) is 18.3. The third kappa shape index (κ3) is 39.0. The molecule has 0 aliphatic rings. The standard InChI is InChI=1S/C51H100/c1-7-11-15-18-21-22-25-32-39-48(5)40-33-26-23-30-35-43-50(42-14-10-4)44-36-31-24-27-34-41-49(6)47-51(45-37-28-19-16-12-8-2)46-38-29-20-17-13-9-3/h50-51H,5-47H2,1-4H3. The molecule has 0 radical (unpaired) electrons. The number of rotatable bonds is 44. The first-order valence-electron chi connectivity index (χ1n) is 24.4. The van der Waals surface area contributed by atoms with Crippen LogP contribution >= 0.6 is 0 Å². The van der Waals surface area contributed by atoms with Crippen LogP contribution in [0.1, 0.15) is 291 Å². The second-order valence-electron chi connectivity index (χ2n) is 17.5. The van der Waals surface area contributed by atoms with Gasteiger partial charge in [-0.25, -0.2) is 0 Å². The van der Waals surface area contributed by atoms with E-state index in [-0.39, 0.29) is 0 Å². The predicted molar refractivity (Wildman–Crippen MR) is 237 cm³/mol. The normalized spacial score (nSPS) is 12.3. The molecule has 0 aromatic rings. The lowest BCUT2D eigenvalue weighted by Crippen LogP contribution is -2.03. The largest absolute Gasteiger partial charge is 0.0999 e. The maximum absolute atomic E-state index is 4.60. The third-order valence-electron chi connectivity index (χ3n) is 12.1. The van der Waals surface area contributed by atoms with E-state index in [2.05, 4.69) is 40.9 Å². The number of hydrogen-bond donors (Lipinski definition) is 0. The fourth-order valence-corrected chi connectivity index (χ4v) is 8.52. The minimum absolute atomic E-state index is 0.907. The highest BCUT2D eigenvalue weighted by Crippen LogP contribution is 2.28. The van der Waals surface area contributed by atoms with E-state index in [1.807, 2.05) is 0 Å². The van der Waals surface area contributed by atoms with E-state index in [1.165, 1.54) is 269 Å². The molecule has 51 heavy (non-hydrogen) atoms. The Morgan fingerprint density at radius 1 is 0.275 bits per heavy atom. The van der Waals surface area contributed by atoms with E-state index in [4.69, 9.17) is 0 Å². The Morgan fingerprint density at radius 3 is 0.882 bits per heavy atom. The van der Waals surface area contributed by atoms with Crippen molar-refractivity contribution < 1.29 is 0 Å². The van der Waals surface area contributed by atoms with Crippen LogP contribution in [0, 0.1) is 11.8 Å². The molecule has 0 fully saturated rings. The van der Waals surface area contributed by atoms with E-state index in [0.29, 0.717) is 0 Å². The summed E-state index contributed by atoms with van der Waals surface area (Å²) in [7, 11) is 0. The van der Waals surface area contributed by atoms with E-state index in [1.54, 1.807) is 5.57 Å². The van der Waals surface area contributed by atoms with Gasteiger partial charge in [0, 0.05) is 0 Å². The molecular weight excluding hydrogens is 613 g/mol. The molecule has 0 bridgehead atoms. The molecule has 0 N–H and O–H groups in total. The molecule has 1 atom stereocenters. The van der Waals surface area contributed by atoms with Gasteiger partial charge in [0.05, 0.1) is 0 Å². The zero-order chi connectivity index (χ0) is 37.3. The van der Waals surface area contributed by atoms with Crippen molar-refractivity contribution in [2.45, 2.75) is 291 Å². The van der Waals surface area contributed by atoms with Crippen molar-refractivity contribution in [2.75, 3.05) is 0 Å². The van der Waals surface area contributed by atoms with E-state index < -0.39 is 0 Å². The number of allylic oxidation sites excluding steroid dienone is 2. The monoisotopic (exact) mass is 713 g/mol. The lowest BCUT2D eigenvalue weighted by Gasteiger charge is -2.19. The Kier molecular flexibility index (Phi) is 41.8. The highest BCUT2D eigenvalue weighted by molar-refractivity contribution is 4.96. The van der Waals surface area contributed by atoms with Crippen molar-refractivity contribution >= 4 is 0 Å². The van der Waals surface area contributed by atoms with Crippen molar-refractivity contribution in [1.82, 2.24) is 0 Å². The summed E-state index contributed by atoms with van der Waals surface area (Å²) in [4.78, 5) is 0. The van der Waals surface area contributed by atoms with Crippen LogP contribution in [-0.4, -0.2) is 0 Å². The van der Waals surface area contributed by atoms with Crippen LogP contribution < -0.4 is 0 Å². The van der Waals surface area contributed by atoms with Crippen LogP contribution in [0.2, 0.25) is 0 Å². The summed E-state index contributed by atoms with van der Waals surface area (Å²) in [6.07, 6.45) is 58.2. The smallest absolute Gasteiger partial charge is 0.0294 e. The average Bonchev–Trinajstić information content (AvgIpc) is 3.13. The Hall–Kier alpha value is -0.520. The molecule has 0 heterocycles. The van der Waals surface area contributed by atoms with Gasteiger partial charge in [0.25, 0.3) is 0 Å². The van der Waals surface area contributed by atoms with E-state index in [0.717, 1.165) is 11.8 Å². The van der Waals surface area contributed by atoms with E-state index >= 15 is 0 Å². The summed E-state index contributed by atoms with van der Waals surface area (Å²) >= 11 is 0. The van der Waals surface area contributed by atoms with Gasteiger partial charge in [0.1, 0.15) is 0 Å². The lowest BCUT2D eigenvalue weighted by atomic mass is 9.87. The lowest BCUT2D eigenvalue weighted by molar-refractivity contribution is 0.370. The summed E-state index contributed by atoms with van der Waals surface area (Å²) in [6, 6.07) is 0. The molecule has 0 amide bonds. The average molecular weight is 713 g/mol.